The molecule has 9 nitrogen and oxygen atoms in total. The van der Waals surface area contributed by atoms with Crippen molar-refractivity contribution < 1.29 is 19.4 Å². The predicted molar refractivity (Wildman–Crippen MR) is 123 cm³/mol. The summed E-state index contributed by atoms with van der Waals surface area (Å²) < 4.78 is 15.3. The van der Waals surface area contributed by atoms with E-state index in [-0.39, 0.29) is 29.2 Å². The number of amides is 1. The van der Waals surface area contributed by atoms with Crippen molar-refractivity contribution in [2.45, 2.75) is 13.1 Å². The van der Waals surface area contributed by atoms with Crippen LogP contribution in [0.2, 0.25) is 0 Å². The first-order valence-corrected chi connectivity index (χ1v) is 10.3. The van der Waals surface area contributed by atoms with E-state index >= 15 is 0 Å². The molecule has 5 N–H and O–H groups in total. The lowest BCUT2D eigenvalue weighted by atomic mass is 10.0. The molecule has 3 aromatic carbocycles. The number of carbonyl (C=O) groups is 1. The Hall–Kier alpha value is -4.44. The summed E-state index contributed by atoms with van der Waals surface area (Å²) in [5.74, 6) is -2.25. The van der Waals surface area contributed by atoms with Crippen molar-refractivity contribution in [2.75, 3.05) is 7.05 Å². The van der Waals surface area contributed by atoms with Crippen LogP contribution in [0.1, 0.15) is 21.5 Å². The van der Waals surface area contributed by atoms with Gasteiger partial charge in [-0.3, -0.25) is 4.79 Å². The molecule has 0 radical (unpaired) electrons. The molecule has 0 fully saturated rings. The maximum Gasteiger partial charge on any atom is 0.348 e. The number of phenolic OH excluding ortho intramolecular Hbond substituents is 2. The van der Waals surface area contributed by atoms with E-state index in [4.69, 9.17) is 5.73 Å². The van der Waals surface area contributed by atoms with Crippen LogP contribution in [0.25, 0.3) is 17.1 Å². The van der Waals surface area contributed by atoms with E-state index in [1.54, 1.807) is 13.1 Å². The number of rotatable bonds is 6. The zero-order valence-electron chi connectivity index (χ0n) is 18.2. The van der Waals surface area contributed by atoms with Crippen molar-refractivity contribution in [3.8, 4) is 28.6 Å². The molecule has 0 saturated heterocycles. The molecular formula is C24H22FN5O4. The molecule has 0 aliphatic heterocycles. The monoisotopic (exact) mass is 463 g/mol. The molecule has 1 amide bonds. The number of para-hydroxylation sites is 1. The summed E-state index contributed by atoms with van der Waals surface area (Å²) in [5, 5.41) is 27.0. The molecule has 0 atom stereocenters. The summed E-state index contributed by atoms with van der Waals surface area (Å²) in [6.45, 7) is 0.531. The molecule has 10 heteroatoms. The lowest BCUT2D eigenvalue weighted by Gasteiger charge is -2.20. The summed E-state index contributed by atoms with van der Waals surface area (Å²) >= 11 is 0. The summed E-state index contributed by atoms with van der Waals surface area (Å²) in [7, 11) is 1.56. The predicted octanol–water partition coefficient (Wildman–Crippen LogP) is 2.51. The Kier molecular flexibility index (Phi) is 6.15. The van der Waals surface area contributed by atoms with Crippen molar-refractivity contribution in [1.29, 1.82) is 0 Å². The van der Waals surface area contributed by atoms with E-state index < -0.39 is 28.9 Å². The van der Waals surface area contributed by atoms with Crippen molar-refractivity contribution in [3.05, 3.63) is 93.7 Å². The van der Waals surface area contributed by atoms with Gasteiger partial charge in [0.2, 0.25) is 0 Å². The van der Waals surface area contributed by atoms with Gasteiger partial charge < -0.3 is 20.8 Å². The zero-order chi connectivity index (χ0) is 24.4. The number of nitrogens with one attached hydrogen (secondary N) is 1. The van der Waals surface area contributed by atoms with Gasteiger partial charge >= 0.3 is 5.69 Å². The fraction of sp³-hybridized carbons (Fsp3) is 0.125. The Morgan fingerprint density at radius 1 is 1.09 bits per heavy atom. The summed E-state index contributed by atoms with van der Waals surface area (Å²) in [4.78, 5) is 27.0. The molecule has 4 aromatic rings. The molecule has 1 heterocycles. The maximum atomic E-state index is 14.4. The third-order valence-corrected chi connectivity index (χ3v) is 5.44. The highest BCUT2D eigenvalue weighted by molar-refractivity contribution is 5.98. The largest absolute Gasteiger partial charge is 0.507 e. The number of halogens is 1. The van der Waals surface area contributed by atoms with E-state index in [0.29, 0.717) is 6.54 Å². The fourth-order valence-corrected chi connectivity index (χ4v) is 3.71. The summed E-state index contributed by atoms with van der Waals surface area (Å²) in [6, 6.07) is 15.2. The molecule has 0 unspecified atom stereocenters. The number of hydrogen-bond acceptors (Lipinski definition) is 6. The Morgan fingerprint density at radius 3 is 2.47 bits per heavy atom. The molecule has 4 rings (SSSR count). The first-order valence-electron chi connectivity index (χ1n) is 10.3. The molecule has 0 aliphatic rings. The Labute approximate surface area is 193 Å². The SMILES string of the molecule is CN(Cc1ccccc1CN)C(=O)c1cc(-c2n[nH]c(=O)n2-c2ccccc2F)c(O)cc1O. The average Bonchev–Trinajstić information content (AvgIpc) is 3.20. The van der Waals surface area contributed by atoms with Gasteiger partial charge in [0.15, 0.2) is 5.82 Å². The normalized spacial score (nSPS) is 10.9. The summed E-state index contributed by atoms with van der Waals surface area (Å²) in [5.41, 5.74) is 6.50. The third kappa shape index (κ3) is 4.14. The lowest BCUT2D eigenvalue weighted by Crippen LogP contribution is -2.27. The highest BCUT2D eigenvalue weighted by atomic mass is 19.1. The smallest absolute Gasteiger partial charge is 0.348 e. The van der Waals surface area contributed by atoms with E-state index in [2.05, 4.69) is 10.2 Å². The highest BCUT2D eigenvalue weighted by Gasteiger charge is 2.24. The number of aromatic amines is 1. The second kappa shape index (κ2) is 9.20. The number of benzene rings is 3. The van der Waals surface area contributed by atoms with Crippen LogP contribution < -0.4 is 11.4 Å². The van der Waals surface area contributed by atoms with Gasteiger partial charge in [0.1, 0.15) is 17.3 Å². The van der Waals surface area contributed by atoms with Crippen LogP contribution >= 0.6 is 0 Å². The minimum Gasteiger partial charge on any atom is -0.507 e. The number of aromatic hydroxyl groups is 2. The Balaban J connectivity index is 1.75. The quantitative estimate of drug-likeness (QED) is 0.347. The van der Waals surface area contributed by atoms with Crippen LogP contribution in [0.5, 0.6) is 11.5 Å². The molecule has 0 spiro atoms. The van der Waals surface area contributed by atoms with Gasteiger partial charge in [-0.05, 0) is 29.3 Å². The molecular weight excluding hydrogens is 441 g/mol. The van der Waals surface area contributed by atoms with Gasteiger partial charge in [-0.15, -0.1) is 0 Å². The number of phenols is 2. The van der Waals surface area contributed by atoms with Gasteiger partial charge in [-0.1, -0.05) is 36.4 Å². The van der Waals surface area contributed by atoms with Crippen LogP contribution in [-0.4, -0.2) is 42.8 Å². The Morgan fingerprint density at radius 2 is 1.76 bits per heavy atom. The fourth-order valence-electron chi connectivity index (χ4n) is 3.71. The maximum absolute atomic E-state index is 14.4. The molecule has 0 bridgehead atoms. The molecule has 174 valence electrons. The second-order valence-electron chi connectivity index (χ2n) is 7.66. The number of nitrogens with zero attached hydrogens (tertiary/aromatic N) is 3. The highest BCUT2D eigenvalue weighted by Crippen LogP contribution is 2.35. The van der Waals surface area contributed by atoms with Crippen LogP contribution in [0.15, 0.2) is 65.5 Å². The topological polar surface area (TPSA) is 137 Å². The van der Waals surface area contributed by atoms with E-state index in [9.17, 15) is 24.2 Å². The van der Waals surface area contributed by atoms with Crippen molar-refractivity contribution in [3.63, 3.8) is 0 Å². The molecule has 34 heavy (non-hydrogen) atoms. The van der Waals surface area contributed by atoms with Crippen LogP contribution in [-0.2, 0) is 13.1 Å². The first-order chi connectivity index (χ1) is 16.3. The molecule has 1 aromatic heterocycles. The average molecular weight is 463 g/mol. The number of carbonyl (C=O) groups excluding carboxylic acids is 1. The minimum absolute atomic E-state index is 0.0430. The second-order valence-corrected chi connectivity index (χ2v) is 7.66. The van der Waals surface area contributed by atoms with Gasteiger partial charge in [-0.2, -0.15) is 5.10 Å². The van der Waals surface area contributed by atoms with Gasteiger partial charge in [-0.25, -0.2) is 18.9 Å². The zero-order valence-corrected chi connectivity index (χ0v) is 18.2. The van der Waals surface area contributed by atoms with Crippen LogP contribution in [0.4, 0.5) is 4.39 Å². The minimum atomic E-state index is -0.740. The number of aromatic nitrogens is 3. The molecule has 0 saturated carbocycles. The third-order valence-electron chi connectivity index (χ3n) is 5.44. The Bertz CT molecular complexity index is 1430. The van der Waals surface area contributed by atoms with Crippen molar-refractivity contribution >= 4 is 5.91 Å². The van der Waals surface area contributed by atoms with Gasteiger partial charge in [0, 0.05) is 26.2 Å². The van der Waals surface area contributed by atoms with Crippen LogP contribution in [0.3, 0.4) is 0 Å². The first kappa shape index (κ1) is 22.7. The summed E-state index contributed by atoms with van der Waals surface area (Å²) in [6.07, 6.45) is 0. The number of H-pyrrole nitrogens is 1. The number of hydrogen-bond donors (Lipinski definition) is 4. The number of nitrogens with two attached hydrogens (primary N) is 1. The van der Waals surface area contributed by atoms with E-state index in [1.807, 2.05) is 24.3 Å². The molecule has 0 aliphatic carbocycles. The van der Waals surface area contributed by atoms with Gasteiger partial charge in [0.05, 0.1) is 16.8 Å². The van der Waals surface area contributed by atoms with Crippen molar-refractivity contribution in [1.82, 2.24) is 19.7 Å². The van der Waals surface area contributed by atoms with E-state index in [1.165, 1.54) is 29.2 Å². The standard InChI is InChI=1S/C24H22FN5O4/c1-29(13-15-7-3-2-6-14(15)12-26)23(33)17-10-16(20(31)11-21(17)32)22-27-28-24(34)30(22)19-9-5-4-8-18(19)25/h2-11,31-32H,12-13,26H2,1H3,(H,28,34). The van der Waals surface area contributed by atoms with Gasteiger partial charge in [0.25, 0.3) is 5.91 Å². The lowest BCUT2D eigenvalue weighted by molar-refractivity contribution is 0.0782. The van der Waals surface area contributed by atoms with Crippen molar-refractivity contribution in [2.24, 2.45) is 5.73 Å². The van der Waals surface area contributed by atoms with E-state index in [0.717, 1.165) is 21.8 Å². The van der Waals surface area contributed by atoms with Crippen LogP contribution in [0, 0.1) is 5.82 Å².